The fraction of sp³-hybridized carbons (Fsp3) is 0.238. The molecule has 142 valence electrons. The molecule has 1 N–H and O–H groups in total. The van der Waals surface area contributed by atoms with Gasteiger partial charge in [0.05, 0.1) is 26.4 Å². The number of amides is 1. The van der Waals surface area contributed by atoms with Gasteiger partial charge in [-0.25, -0.2) is 4.79 Å². The maximum Gasteiger partial charge on any atom is 0.338 e. The van der Waals surface area contributed by atoms with Crippen molar-refractivity contribution in [3.05, 3.63) is 59.2 Å². The van der Waals surface area contributed by atoms with Crippen LogP contribution in [-0.2, 0) is 9.53 Å². The molecule has 0 saturated carbocycles. The summed E-state index contributed by atoms with van der Waals surface area (Å²) < 4.78 is 15.5. The predicted molar refractivity (Wildman–Crippen MR) is 104 cm³/mol. The number of carbonyl (C=O) groups is 2. The number of nitrogens with one attached hydrogen (secondary N) is 1. The topological polar surface area (TPSA) is 73.9 Å². The SMILES string of the molecule is CCOC(=O)c1cccc(NC(=O)/C=C/c2ccc(OC)c(OC)c2)c1C. The molecular weight excluding hydrogens is 346 g/mol. The zero-order valence-electron chi connectivity index (χ0n) is 15.9. The second-order valence-electron chi connectivity index (χ2n) is 5.64. The van der Waals surface area contributed by atoms with Crippen molar-refractivity contribution in [2.24, 2.45) is 0 Å². The first-order valence-electron chi connectivity index (χ1n) is 8.48. The smallest absolute Gasteiger partial charge is 0.338 e. The van der Waals surface area contributed by atoms with Crippen LogP contribution in [0, 0.1) is 6.92 Å². The van der Waals surface area contributed by atoms with E-state index < -0.39 is 5.97 Å². The van der Waals surface area contributed by atoms with Crippen molar-refractivity contribution in [2.75, 3.05) is 26.1 Å². The molecule has 0 bridgehead atoms. The quantitative estimate of drug-likeness (QED) is 0.593. The minimum absolute atomic E-state index is 0.295. The summed E-state index contributed by atoms with van der Waals surface area (Å²) in [6.07, 6.45) is 3.08. The molecule has 6 nitrogen and oxygen atoms in total. The van der Waals surface area contributed by atoms with Crippen LogP contribution in [0.25, 0.3) is 6.08 Å². The molecule has 1 amide bonds. The summed E-state index contributed by atoms with van der Waals surface area (Å²) in [7, 11) is 3.12. The Hall–Kier alpha value is -3.28. The summed E-state index contributed by atoms with van der Waals surface area (Å²) in [5.74, 6) is 0.476. The van der Waals surface area contributed by atoms with E-state index in [1.807, 2.05) is 6.07 Å². The van der Waals surface area contributed by atoms with Crippen molar-refractivity contribution in [2.45, 2.75) is 13.8 Å². The fourth-order valence-electron chi connectivity index (χ4n) is 2.50. The lowest BCUT2D eigenvalue weighted by molar-refractivity contribution is -0.111. The van der Waals surface area contributed by atoms with Crippen molar-refractivity contribution in [1.29, 1.82) is 0 Å². The summed E-state index contributed by atoms with van der Waals surface area (Å²) in [4.78, 5) is 24.2. The minimum Gasteiger partial charge on any atom is -0.493 e. The van der Waals surface area contributed by atoms with Gasteiger partial charge in [0, 0.05) is 11.8 Å². The third-order valence-corrected chi connectivity index (χ3v) is 3.92. The molecule has 2 rings (SSSR count). The van der Waals surface area contributed by atoms with Crippen molar-refractivity contribution in [3.8, 4) is 11.5 Å². The Balaban J connectivity index is 2.13. The van der Waals surface area contributed by atoms with Crippen LogP contribution in [0.3, 0.4) is 0 Å². The van der Waals surface area contributed by atoms with Crippen LogP contribution in [0.4, 0.5) is 5.69 Å². The molecule has 0 aliphatic heterocycles. The van der Waals surface area contributed by atoms with Crippen LogP contribution in [0.5, 0.6) is 11.5 Å². The Morgan fingerprint density at radius 2 is 1.81 bits per heavy atom. The highest BCUT2D eigenvalue weighted by Crippen LogP contribution is 2.28. The van der Waals surface area contributed by atoms with Gasteiger partial charge in [-0.2, -0.15) is 0 Å². The van der Waals surface area contributed by atoms with Crippen LogP contribution >= 0.6 is 0 Å². The number of benzene rings is 2. The van der Waals surface area contributed by atoms with Gasteiger partial charge in [0.25, 0.3) is 0 Å². The standard InChI is InChI=1S/C21H23NO5/c1-5-27-21(24)16-7-6-8-17(14(16)2)22-20(23)12-10-15-9-11-18(25-3)19(13-15)26-4/h6-13H,5H2,1-4H3,(H,22,23)/b12-10+. The number of methoxy groups -OCH3 is 2. The molecule has 0 aliphatic rings. The van der Waals surface area contributed by atoms with Gasteiger partial charge in [-0.3, -0.25) is 4.79 Å². The first kappa shape index (κ1) is 20.0. The lowest BCUT2D eigenvalue weighted by Gasteiger charge is -2.11. The largest absolute Gasteiger partial charge is 0.493 e. The Labute approximate surface area is 158 Å². The first-order valence-corrected chi connectivity index (χ1v) is 8.48. The zero-order valence-corrected chi connectivity index (χ0v) is 15.9. The highest BCUT2D eigenvalue weighted by Gasteiger charge is 2.13. The van der Waals surface area contributed by atoms with E-state index in [-0.39, 0.29) is 5.91 Å². The van der Waals surface area contributed by atoms with Crippen LogP contribution in [-0.4, -0.2) is 32.7 Å². The molecule has 0 unspecified atom stereocenters. The van der Waals surface area contributed by atoms with Gasteiger partial charge >= 0.3 is 5.97 Å². The molecule has 0 aliphatic carbocycles. The van der Waals surface area contributed by atoms with E-state index in [4.69, 9.17) is 14.2 Å². The average molecular weight is 369 g/mol. The number of hydrogen-bond acceptors (Lipinski definition) is 5. The van der Waals surface area contributed by atoms with Crippen molar-refractivity contribution < 1.29 is 23.8 Å². The molecule has 6 heteroatoms. The van der Waals surface area contributed by atoms with Crippen molar-refractivity contribution >= 4 is 23.6 Å². The normalized spacial score (nSPS) is 10.5. The van der Waals surface area contributed by atoms with Gasteiger partial charge < -0.3 is 19.5 Å². The summed E-state index contributed by atoms with van der Waals surface area (Å²) >= 11 is 0. The van der Waals surface area contributed by atoms with E-state index >= 15 is 0 Å². The molecule has 0 aromatic heterocycles. The van der Waals surface area contributed by atoms with E-state index in [1.54, 1.807) is 64.5 Å². The van der Waals surface area contributed by atoms with Crippen LogP contribution in [0.2, 0.25) is 0 Å². The summed E-state index contributed by atoms with van der Waals surface area (Å²) in [6.45, 7) is 3.81. The van der Waals surface area contributed by atoms with E-state index in [0.717, 1.165) is 5.56 Å². The highest BCUT2D eigenvalue weighted by molar-refractivity contribution is 6.03. The third kappa shape index (κ3) is 5.10. The van der Waals surface area contributed by atoms with Gasteiger partial charge in [-0.1, -0.05) is 12.1 Å². The molecule has 0 heterocycles. The van der Waals surface area contributed by atoms with E-state index in [9.17, 15) is 9.59 Å². The number of ether oxygens (including phenoxy) is 3. The number of rotatable bonds is 7. The monoisotopic (exact) mass is 369 g/mol. The van der Waals surface area contributed by atoms with Crippen molar-refractivity contribution in [3.63, 3.8) is 0 Å². The first-order chi connectivity index (χ1) is 13.0. The minimum atomic E-state index is -0.410. The Morgan fingerprint density at radius 3 is 2.48 bits per heavy atom. The lowest BCUT2D eigenvalue weighted by Crippen LogP contribution is -2.12. The molecular formula is C21H23NO5. The van der Waals surface area contributed by atoms with Crippen LogP contribution in [0.1, 0.15) is 28.4 Å². The van der Waals surface area contributed by atoms with E-state index in [2.05, 4.69) is 5.32 Å². The van der Waals surface area contributed by atoms with Crippen molar-refractivity contribution in [1.82, 2.24) is 0 Å². The molecule has 27 heavy (non-hydrogen) atoms. The Morgan fingerprint density at radius 1 is 1.07 bits per heavy atom. The maximum absolute atomic E-state index is 12.3. The number of carbonyl (C=O) groups excluding carboxylic acids is 2. The molecule has 0 radical (unpaired) electrons. The summed E-state index contributed by atoms with van der Waals surface area (Å²) in [5.41, 5.74) is 2.43. The predicted octanol–water partition coefficient (Wildman–Crippen LogP) is 3.84. The van der Waals surface area contributed by atoms with E-state index in [1.165, 1.54) is 6.08 Å². The number of hydrogen-bond donors (Lipinski definition) is 1. The van der Waals surface area contributed by atoms with Gasteiger partial charge in [0.15, 0.2) is 11.5 Å². The molecule has 0 atom stereocenters. The molecule has 0 saturated heterocycles. The molecule has 2 aromatic rings. The molecule has 2 aromatic carbocycles. The molecule has 0 spiro atoms. The van der Waals surface area contributed by atoms with Crippen LogP contribution in [0.15, 0.2) is 42.5 Å². The third-order valence-electron chi connectivity index (χ3n) is 3.92. The van der Waals surface area contributed by atoms with Gasteiger partial charge in [-0.05, 0) is 55.3 Å². The highest BCUT2D eigenvalue weighted by atomic mass is 16.5. The Kier molecular flexibility index (Phi) is 7.00. The second kappa shape index (κ2) is 9.43. The Bertz CT molecular complexity index is 858. The lowest BCUT2D eigenvalue weighted by atomic mass is 10.1. The van der Waals surface area contributed by atoms with Crippen LogP contribution < -0.4 is 14.8 Å². The van der Waals surface area contributed by atoms with Gasteiger partial charge in [-0.15, -0.1) is 0 Å². The maximum atomic E-state index is 12.3. The summed E-state index contributed by atoms with van der Waals surface area (Å²) in [5, 5.41) is 2.78. The second-order valence-corrected chi connectivity index (χ2v) is 5.64. The van der Waals surface area contributed by atoms with Gasteiger partial charge in [0.2, 0.25) is 5.91 Å². The van der Waals surface area contributed by atoms with E-state index in [0.29, 0.717) is 34.9 Å². The fourth-order valence-corrected chi connectivity index (χ4v) is 2.50. The molecule has 0 fully saturated rings. The van der Waals surface area contributed by atoms with Gasteiger partial charge in [0.1, 0.15) is 0 Å². The summed E-state index contributed by atoms with van der Waals surface area (Å²) in [6, 6.07) is 10.5. The number of anilines is 1. The zero-order chi connectivity index (χ0) is 19.8. The number of esters is 1. The average Bonchev–Trinajstić information content (AvgIpc) is 2.67.